The van der Waals surface area contributed by atoms with Crippen molar-refractivity contribution in [3.8, 4) is 0 Å². The molecule has 1 aromatic carbocycles. The molecule has 1 saturated heterocycles. The van der Waals surface area contributed by atoms with Crippen molar-refractivity contribution in [3.63, 3.8) is 0 Å². The lowest BCUT2D eigenvalue weighted by atomic mass is 9.66. The fraction of sp³-hybridized carbons (Fsp3) is 0.412. The Hall–Kier alpha value is -2.34. The van der Waals surface area contributed by atoms with Gasteiger partial charge in [0.05, 0.1) is 4.92 Å². The van der Waals surface area contributed by atoms with Gasteiger partial charge in [-0.05, 0) is 36.0 Å². The van der Waals surface area contributed by atoms with Crippen LogP contribution in [0.15, 0.2) is 36.4 Å². The number of Topliss-reactive ketones (excluding diaryl/α,β-unsaturated/α-hetero) is 2. The van der Waals surface area contributed by atoms with Crippen molar-refractivity contribution < 1.29 is 19.2 Å². The van der Waals surface area contributed by atoms with E-state index < -0.39 is 16.6 Å². The molecule has 0 unspecified atom stereocenters. The maximum atomic E-state index is 13.1. The summed E-state index contributed by atoms with van der Waals surface area (Å²) in [5, 5.41) is 10.8. The summed E-state index contributed by atoms with van der Waals surface area (Å²) in [6, 6.07) is 5.78. The Labute approximate surface area is 131 Å². The van der Waals surface area contributed by atoms with E-state index in [-0.39, 0.29) is 40.9 Å². The zero-order valence-corrected chi connectivity index (χ0v) is 12.0. The minimum atomic E-state index is -1.20. The number of hydrogen-bond acceptors (Lipinski definition) is 5. The molecule has 1 aliphatic heterocycles. The number of rotatable bonds is 2. The van der Waals surface area contributed by atoms with Crippen molar-refractivity contribution >= 4 is 17.3 Å². The number of hydrogen-bond donors (Lipinski definition) is 0. The summed E-state index contributed by atoms with van der Waals surface area (Å²) >= 11 is 0. The number of nitro benzene ring substituents is 1. The minimum absolute atomic E-state index is 0.0183. The molecular formula is C17H13NO5. The number of non-ortho nitro benzene ring substituents is 1. The number of ether oxygens (including phenoxy) is 1. The topological polar surface area (TPSA) is 89.8 Å². The highest BCUT2D eigenvalue weighted by Crippen LogP contribution is 2.62. The van der Waals surface area contributed by atoms with Crippen LogP contribution in [-0.2, 0) is 19.9 Å². The molecular weight excluding hydrogens is 298 g/mol. The Morgan fingerprint density at radius 3 is 2.39 bits per heavy atom. The van der Waals surface area contributed by atoms with Crippen molar-refractivity contribution in [2.45, 2.75) is 18.1 Å². The van der Waals surface area contributed by atoms with E-state index >= 15 is 0 Å². The molecule has 6 heteroatoms. The highest BCUT2D eigenvalue weighted by Gasteiger charge is 2.75. The van der Waals surface area contributed by atoms with Gasteiger partial charge in [-0.3, -0.25) is 19.7 Å². The Kier molecular flexibility index (Phi) is 2.25. The molecule has 0 N–H and O–H groups in total. The van der Waals surface area contributed by atoms with Crippen LogP contribution in [0.1, 0.15) is 12.0 Å². The Bertz CT molecular complexity index is 798. The van der Waals surface area contributed by atoms with Crippen molar-refractivity contribution in [2.24, 2.45) is 23.7 Å². The van der Waals surface area contributed by atoms with Gasteiger partial charge in [0.2, 0.25) is 0 Å². The smallest absolute Gasteiger partial charge is 0.269 e. The van der Waals surface area contributed by atoms with Gasteiger partial charge in [-0.15, -0.1) is 0 Å². The van der Waals surface area contributed by atoms with Gasteiger partial charge in [0, 0.05) is 24.0 Å². The molecule has 116 valence electrons. The zero-order chi connectivity index (χ0) is 15.9. The predicted molar refractivity (Wildman–Crippen MR) is 77.4 cm³/mol. The number of carbonyl (C=O) groups is 2. The standard InChI is InChI=1S/C17H13NO5/c19-14-12-8-1-2-9(7-8)13(12)15(20)17(16(14)23-17)10-3-5-11(6-4-10)18(21)22/h1-6,8-9,12-13,16H,7H2/t8-,9-,12+,13-,16+,17-/m0/s1. The van der Waals surface area contributed by atoms with Crippen LogP contribution in [0.25, 0.3) is 0 Å². The van der Waals surface area contributed by atoms with Gasteiger partial charge in [-0.1, -0.05) is 12.2 Å². The van der Waals surface area contributed by atoms with Crippen molar-refractivity contribution in [3.05, 3.63) is 52.1 Å². The number of fused-ring (bicyclic) bond motifs is 6. The van der Waals surface area contributed by atoms with Gasteiger partial charge in [-0.25, -0.2) is 0 Å². The van der Waals surface area contributed by atoms with Crippen LogP contribution in [0, 0.1) is 33.8 Å². The van der Waals surface area contributed by atoms with Crippen LogP contribution in [0.5, 0.6) is 0 Å². The van der Waals surface area contributed by atoms with Crippen LogP contribution < -0.4 is 0 Å². The van der Waals surface area contributed by atoms with Gasteiger partial charge >= 0.3 is 0 Å². The van der Waals surface area contributed by atoms with E-state index in [1.165, 1.54) is 24.3 Å². The summed E-state index contributed by atoms with van der Waals surface area (Å²) in [6.07, 6.45) is 4.25. The fourth-order valence-electron chi connectivity index (χ4n) is 4.78. The molecule has 0 amide bonds. The summed E-state index contributed by atoms with van der Waals surface area (Å²) in [5.74, 6) is -0.257. The molecule has 3 aliphatic carbocycles. The minimum Gasteiger partial charge on any atom is -0.344 e. The van der Waals surface area contributed by atoms with Gasteiger partial charge in [-0.2, -0.15) is 0 Å². The highest BCUT2D eigenvalue weighted by molar-refractivity contribution is 6.10. The molecule has 1 aromatic rings. The summed E-state index contributed by atoms with van der Waals surface area (Å²) in [6.45, 7) is 0. The molecule has 6 nitrogen and oxygen atoms in total. The van der Waals surface area contributed by atoms with Crippen molar-refractivity contribution in [1.82, 2.24) is 0 Å². The first kappa shape index (κ1) is 13.1. The maximum absolute atomic E-state index is 13.1. The largest absolute Gasteiger partial charge is 0.344 e. The molecule has 6 atom stereocenters. The average Bonchev–Trinajstić information content (AvgIpc) is 3.00. The van der Waals surface area contributed by atoms with Crippen LogP contribution >= 0.6 is 0 Å². The Morgan fingerprint density at radius 1 is 1.09 bits per heavy atom. The van der Waals surface area contributed by atoms with Gasteiger partial charge < -0.3 is 4.74 Å². The third-order valence-corrected chi connectivity index (χ3v) is 5.84. The Balaban J connectivity index is 1.57. The van der Waals surface area contributed by atoms with E-state index in [4.69, 9.17) is 4.74 Å². The van der Waals surface area contributed by atoms with Crippen LogP contribution in [0.3, 0.4) is 0 Å². The lowest BCUT2D eigenvalue weighted by Gasteiger charge is -2.31. The summed E-state index contributed by atoms with van der Waals surface area (Å²) in [4.78, 5) is 36.1. The van der Waals surface area contributed by atoms with Gasteiger partial charge in [0.15, 0.2) is 23.3 Å². The number of carbonyl (C=O) groups excluding carboxylic acids is 2. The van der Waals surface area contributed by atoms with Crippen molar-refractivity contribution in [1.29, 1.82) is 0 Å². The number of nitrogens with zero attached hydrogens (tertiary/aromatic N) is 1. The molecule has 2 saturated carbocycles. The van der Waals surface area contributed by atoms with E-state index in [0.29, 0.717) is 5.56 Å². The average molecular weight is 311 g/mol. The SMILES string of the molecule is O=C1[C@H]2[C@@H](C(=O)[C@]3(c4ccc([N+](=O)[O-])cc4)O[C@H]13)[C@H]1C=C[C@H]2C1. The summed E-state index contributed by atoms with van der Waals surface area (Å²) in [5.41, 5.74) is -0.694. The molecule has 2 bridgehead atoms. The molecule has 0 radical (unpaired) electrons. The van der Waals surface area contributed by atoms with E-state index in [1.54, 1.807) is 0 Å². The number of nitro groups is 1. The third kappa shape index (κ3) is 1.42. The second-order valence-electron chi connectivity index (χ2n) is 6.80. The lowest BCUT2D eigenvalue weighted by Crippen LogP contribution is -2.47. The first-order valence-electron chi connectivity index (χ1n) is 7.73. The first-order valence-corrected chi connectivity index (χ1v) is 7.73. The summed E-state index contributed by atoms with van der Waals surface area (Å²) < 4.78 is 5.64. The Morgan fingerprint density at radius 2 is 1.74 bits per heavy atom. The molecule has 0 spiro atoms. The number of epoxide rings is 1. The highest BCUT2D eigenvalue weighted by atomic mass is 16.6. The van der Waals surface area contributed by atoms with Crippen LogP contribution in [-0.4, -0.2) is 22.6 Å². The summed E-state index contributed by atoms with van der Waals surface area (Å²) in [7, 11) is 0. The number of benzene rings is 1. The third-order valence-electron chi connectivity index (χ3n) is 5.84. The predicted octanol–water partition coefficient (Wildman–Crippen LogP) is 1.78. The second-order valence-corrected chi connectivity index (χ2v) is 6.80. The van der Waals surface area contributed by atoms with E-state index in [2.05, 4.69) is 6.08 Å². The van der Waals surface area contributed by atoms with Crippen LogP contribution in [0.4, 0.5) is 5.69 Å². The van der Waals surface area contributed by atoms with E-state index in [9.17, 15) is 19.7 Å². The van der Waals surface area contributed by atoms with E-state index in [0.717, 1.165) is 6.42 Å². The molecule has 1 heterocycles. The van der Waals surface area contributed by atoms with Crippen LogP contribution in [0.2, 0.25) is 0 Å². The fourth-order valence-corrected chi connectivity index (χ4v) is 4.78. The normalized spacial score (nSPS) is 42.5. The molecule has 0 aromatic heterocycles. The monoisotopic (exact) mass is 311 g/mol. The van der Waals surface area contributed by atoms with Gasteiger partial charge in [0.25, 0.3) is 5.69 Å². The zero-order valence-electron chi connectivity index (χ0n) is 12.0. The molecule has 4 aliphatic rings. The lowest BCUT2D eigenvalue weighted by molar-refractivity contribution is -0.384. The molecule has 3 fully saturated rings. The second kappa shape index (κ2) is 3.94. The molecule has 5 rings (SSSR count). The number of allylic oxidation sites excluding steroid dienone is 2. The maximum Gasteiger partial charge on any atom is 0.269 e. The van der Waals surface area contributed by atoms with Crippen molar-refractivity contribution in [2.75, 3.05) is 0 Å². The first-order chi connectivity index (χ1) is 11.0. The quantitative estimate of drug-likeness (QED) is 0.359. The number of ketones is 2. The molecule has 23 heavy (non-hydrogen) atoms. The van der Waals surface area contributed by atoms with Gasteiger partial charge in [0.1, 0.15) is 0 Å². The van der Waals surface area contributed by atoms with E-state index in [1.807, 2.05) is 6.08 Å².